The average Bonchev–Trinajstić information content (AvgIpc) is 3.16. The Kier molecular flexibility index (Phi) is 3.79. The van der Waals surface area contributed by atoms with E-state index in [4.69, 9.17) is 0 Å². The Morgan fingerprint density at radius 3 is 2.95 bits per heavy atom. The quantitative estimate of drug-likeness (QED) is 0.805. The van der Waals surface area contributed by atoms with Crippen molar-refractivity contribution in [2.24, 2.45) is 7.05 Å². The van der Waals surface area contributed by atoms with Gasteiger partial charge in [0.25, 0.3) is 5.91 Å². The number of pyridine rings is 1. The molecule has 3 rings (SSSR count). The van der Waals surface area contributed by atoms with E-state index in [2.05, 4.69) is 15.4 Å². The molecular formula is C15H14N4OS. The van der Waals surface area contributed by atoms with Crippen LogP contribution < -0.4 is 5.32 Å². The van der Waals surface area contributed by atoms with Gasteiger partial charge in [-0.05, 0) is 23.1 Å². The number of hydrogen-bond donors (Lipinski definition) is 1. The fraction of sp³-hybridized carbons (Fsp3) is 0.133. The van der Waals surface area contributed by atoms with Crippen molar-refractivity contribution in [2.45, 2.75) is 6.54 Å². The molecule has 1 N–H and O–H groups in total. The highest BCUT2D eigenvalue weighted by Crippen LogP contribution is 2.18. The van der Waals surface area contributed by atoms with Crippen molar-refractivity contribution in [3.8, 4) is 11.1 Å². The maximum atomic E-state index is 11.9. The molecule has 0 saturated heterocycles. The minimum absolute atomic E-state index is 0.0585. The Balaban J connectivity index is 1.70. The van der Waals surface area contributed by atoms with Crippen LogP contribution in [-0.4, -0.2) is 20.7 Å². The average molecular weight is 298 g/mol. The van der Waals surface area contributed by atoms with Crippen LogP contribution in [0.2, 0.25) is 0 Å². The predicted molar refractivity (Wildman–Crippen MR) is 81.9 cm³/mol. The monoisotopic (exact) mass is 298 g/mol. The third-order valence-corrected chi connectivity index (χ3v) is 3.90. The number of carbonyl (C=O) groups excluding carboxylic acids is 1. The number of aryl methyl sites for hydroxylation is 1. The van der Waals surface area contributed by atoms with Gasteiger partial charge in [-0.25, -0.2) is 0 Å². The minimum atomic E-state index is -0.0585. The van der Waals surface area contributed by atoms with Crippen LogP contribution in [0.1, 0.15) is 15.2 Å². The van der Waals surface area contributed by atoms with Gasteiger partial charge in [0.2, 0.25) is 0 Å². The summed E-state index contributed by atoms with van der Waals surface area (Å²) in [6.45, 7) is 0.456. The molecule has 0 aromatic carbocycles. The number of amides is 1. The summed E-state index contributed by atoms with van der Waals surface area (Å²) in [5, 5.41) is 8.94. The van der Waals surface area contributed by atoms with Crippen LogP contribution >= 0.6 is 11.3 Å². The topological polar surface area (TPSA) is 59.8 Å². The predicted octanol–water partition coefficient (Wildman–Crippen LogP) is 2.47. The van der Waals surface area contributed by atoms with Crippen molar-refractivity contribution in [3.63, 3.8) is 0 Å². The molecule has 1 amide bonds. The van der Waals surface area contributed by atoms with E-state index in [9.17, 15) is 4.79 Å². The maximum absolute atomic E-state index is 11.9. The van der Waals surface area contributed by atoms with Crippen LogP contribution in [-0.2, 0) is 13.6 Å². The van der Waals surface area contributed by atoms with Gasteiger partial charge in [0.05, 0.1) is 11.1 Å². The normalized spacial score (nSPS) is 10.5. The number of carbonyl (C=O) groups is 1. The lowest BCUT2D eigenvalue weighted by molar-refractivity contribution is 0.0955. The Morgan fingerprint density at radius 2 is 2.24 bits per heavy atom. The molecule has 0 bridgehead atoms. The van der Waals surface area contributed by atoms with Gasteiger partial charge in [-0.15, -0.1) is 11.3 Å². The van der Waals surface area contributed by atoms with Gasteiger partial charge < -0.3 is 5.32 Å². The van der Waals surface area contributed by atoms with E-state index in [0.717, 1.165) is 16.7 Å². The maximum Gasteiger partial charge on any atom is 0.261 e. The summed E-state index contributed by atoms with van der Waals surface area (Å²) >= 11 is 1.43. The van der Waals surface area contributed by atoms with Gasteiger partial charge in [0.15, 0.2) is 0 Å². The zero-order chi connectivity index (χ0) is 14.7. The summed E-state index contributed by atoms with van der Waals surface area (Å²) in [4.78, 5) is 16.8. The molecule has 6 heteroatoms. The second-order valence-corrected chi connectivity index (χ2v) is 5.59. The second-order valence-electron chi connectivity index (χ2n) is 4.64. The van der Waals surface area contributed by atoms with Gasteiger partial charge in [-0.2, -0.15) is 5.10 Å². The lowest BCUT2D eigenvalue weighted by atomic mass is 10.1. The van der Waals surface area contributed by atoms with Crippen molar-refractivity contribution in [1.29, 1.82) is 0 Å². The number of aromatic nitrogens is 3. The first-order valence-corrected chi connectivity index (χ1v) is 7.35. The van der Waals surface area contributed by atoms with E-state index >= 15 is 0 Å². The fourth-order valence-corrected chi connectivity index (χ4v) is 2.63. The molecule has 0 fully saturated rings. The van der Waals surface area contributed by atoms with E-state index in [1.165, 1.54) is 11.3 Å². The largest absolute Gasteiger partial charge is 0.347 e. The molecule has 0 saturated carbocycles. The number of hydrogen-bond acceptors (Lipinski definition) is 4. The van der Waals surface area contributed by atoms with Gasteiger partial charge in [0, 0.05) is 43.3 Å². The molecule has 3 aromatic rings. The van der Waals surface area contributed by atoms with E-state index in [-0.39, 0.29) is 5.91 Å². The van der Waals surface area contributed by atoms with Gasteiger partial charge in [-0.3, -0.25) is 14.5 Å². The summed E-state index contributed by atoms with van der Waals surface area (Å²) < 4.78 is 1.75. The van der Waals surface area contributed by atoms with Gasteiger partial charge in [-0.1, -0.05) is 6.07 Å². The van der Waals surface area contributed by atoms with E-state index < -0.39 is 0 Å². The molecule has 3 aromatic heterocycles. The highest BCUT2D eigenvalue weighted by atomic mass is 32.1. The van der Waals surface area contributed by atoms with Gasteiger partial charge in [0.1, 0.15) is 0 Å². The van der Waals surface area contributed by atoms with Crippen molar-refractivity contribution >= 4 is 17.2 Å². The van der Waals surface area contributed by atoms with Crippen LogP contribution in [0, 0.1) is 0 Å². The third kappa shape index (κ3) is 3.17. The molecule has 0 aliphatic rings. The lowest BCUT2D eigenvalue weighted by Gasteiger charge is -2.05. The summed E-state index contributed by atoms with van der Waals surface area (Å²) in [5.74, 6) is -0.0585. The highest BCUT2D eigenvalue weighted by molar-refractivity contribution is 7.12. The molecule has 106 valence electrons. The van der Waals surface area contributed by atoms with Crippen LogP contribution in [0.3, 0.4) is 0 Å². The summed E-state index contributed by atoms with van der Waals surface area (Å²) in [5.41, 5.74) is 2.96. The fourth-order valence-electron chi connectivity index (χ4n) is 1.99. The summed E-state index contributed by atoms with van der Waals surface area (Å²) in [6.07, 6.45) is 7.28. The van der Waals surface area contributed by atoms with Crippen LogP contribution in [0.25, 0.3) is 11.1 Å². The van der Waals surface area contributed by atoms with Crippen molar-refractivity contribution in [1.82, 2.24) is 20.1 Å². The molecular weight excluding hydrogens is 284 g/mol. The summed E-state index contributed by atoms with van der Waals surface area (Å²) in [6, 6.07) is 5.69. The Hall–Kier alpha value is -2.47. The SMILES string of the molecule is Cn1cc(-c2cncc(CNC(=O)c3cccs3)c2)cn1. The van der Waals surface area contributed by atoms with Crippen molar-refractivity contribution < 1.29 is 4.79 Å². The molecule has 21 heavy (non-hydrogen) atoms. The second kappa shape index (κ2) is 5.88. The van der Waals surface area contributed by atoms with Crippen LogP contribution in [0.5, 0.6) is 0 Å². The van der Waals surface area contributed by atoms with Crippen molar-refractivity contribution in [2.75, 3.05) is 0 Å². The van der Waals surface area contributed by atoms with E-state index in [0.29, 0.717) is 11.4 Å². The van der Waals surface area contributed by atoms with Crippen molar-refractivity contribution in [3.05, 3.63) is 58.8 Å². The molecule has 3 heterocycles. The zero-order valence-corrected chi connectivity index (χ0v) is 12.3. The van der Waals surface area contributed by atoms with Gasteiger partial charge >= 0.3 is 0 Å². The number of nitrogens with zero attached hydrogens (tertiary/aromatic N) is 3. The lowest BCUT2D eigenvalue weighted by Crippen LogP contribution is -2.21. The molecule has 0 radical (unpaired) electrons. The van der Waals surface area contributed by atoms with Crippen LogP contribution in [0.15, 0.2) is 48.4 Å². The highest BCUT2D eigenvalue weighted by Gasteiger charge is 2.07. The Morgan fingerprint density at radius 1 is 1.33 bits per heavy atom. The Labute approximate surface area is 126 Å². The molecule has 0 atom stereocenters. The molecule has 0 aliphatic heterocycles. The minimum Gasteiger partial charge on any atom is -0.347 e. The first-order chi connectivity index (χ1) is 10.2. The smallest absolute Gasteiger partial charge is 0.261 e. The first kappa shape index (κ1) is 13.5. The van der Waals surface area contributed by atoms with E-state index in [1.54, 1.807) is 23.3 Å². The third-order valence-electron chi connectivity index (χ3n) is 3.03. The number of thiophene rings is 1. The zero-order valence-electron chi connectivity index (χ0n) is 11.5. The standard InChI is InChI=1S/C15H14N4OS/c1-19-10-13(9-18-19)12-5-11(6-16-8-12)7-17-15(20)14-3-2-4-21-14/h2-6,8-10H,7H2,1H3,(H,17,20). The number of rotatable bonds is 4. The number of nitrogens with one attached hydrogen (secondary N) is 1. The summed E-state index contributed by atoms with van der Waals surface area (Å²) in [7, 11) is 1.88. The Bertz CT molecular complexity index is 749. The van der Waals surface area contributed by atoms with Crippen LogP contribution in [0.4, 0.5) is 0 Å². The molecule has 5 nitrogen and oxygen atoms in total. The molecule has 0 aliphatic carbocycles. The van der Waals surface area contributed by atoms with E-state index in [1.807, 2.05) is 36.8 Å². The molecule has 0 unspecified atom stereocenters. The molecule has 0 spiro atoms. The first-order valence-electron chi connectivity index (χ1n) is 6.47.